The lowest BCUT2D eigenvalue weighted by Crippen LogP contribution is -2.23. The fraction of sp³-hybridized carbons (Fsp3) is 0.364. The molecule has 0 fully saturated rings. The van der Waals surface area contributed by atoms with E-state index in [0.717, 1.165) is 6.42 Å². The fourth-order valence-electron chi connectivity index (χ4n) is 1.20. The molecule has 1 aromatic carbocycles. The van der Waals surface area contributed by atoms with Gasteiger partial charge >= 0.3 is 0 Å². The molecule has 2 nitrogen and oxygen atoms in total. The van der Waals surface area contributed by atoms with E-state index in [2.05, 4.69) is 0 Å². The molecule has 2 N–H and O–H groups in total. The van der Waals surface area contributed by atoms with Crippen molar-refractivity contribution in [2.45, 2.75) is 25.9 Å². The maximum atomic E-state index is 12.6. The number of rotatable bonds is 5. The summed E-state index contributed by atoms with van der Waals surface area (Å²) in [5.41, 5.74) is 5.44. The number of hydrogen-bond donors (Lipinski definition) is 1. The van der Waals surface area contributed by atoms with Crippen LogP contribution < -0.4 is 10.5 Å². The zero-order chi connectivity index (χ0) is 11.3. The number of nitrogens with two attached hydrogens (primary N) is 1. The summed E-state index contributed by atoms with van der Waals surface area (Å²) in [6.07, 6.45) is 1.32. The van der Waals surface area contributed by atoms with E-state index in [1.165, 1.54) is 12.1 Å². The summed E-state index contributed by atoms with van der Waals surface area (Å²) in [6, 6.07) is 5.92. The van der Waals surface area contributed by atoms with Crippen LogP contribution in [0, 0.1) is 5.82 Å². The average molecular weight is 227 g/mol. The van der Waals surface area contributed by atoms with Crippen LogP contribution in [-0.2, 0) is 0 Å². The first-order valence-corrected chi connectivity index (χ1v) is 5.23. The second-order valence-electron chi connectivity index (χ2n) is 3.27. The summed E-state index contributed by atoms with van der Waals surface area (Å²) >= 11 is 4.81. The van der Waals surface area contributed by atoms with E-state index in [9.17, 15) is 4.39 Å². The van der Waals surface area contributed by atoms with Gasteiger partial charge in [0.15, 0.2) is 0 Å². The predicted octanol–water partition coefficient (Wildman–Crippen LogP) is 2.66. The lowest BCUT2D eigenvalue weighted by atomic mass is 10.2. The zero-order valence-electron chi connectivity index (χ0n) is 8.57. The molecule has 0 heterocycles. The highest BCUT2D eigenvalue weighted by atomic mass is 32.1. The molecule has 0 aliphatic heterocycles. The van der Waals surface area contributed by atoms with Crippen LogP contribution in [-0.4, -0.2) is 11.1 Å². The van der Waals surface area contributed by atoms with Gasteiger partial charge < -0.3 is 10.5 Å². The Bertz CT molecular complexity index is 326. The molecular weight excluding hydrogens is 213 g/mol. The number of hydrogen-bond acceptors (Lipinski definition) is 2. The molecule has 0 aliphatic carbocycles. The van der Waals surface area contributed by atoms with Crippen molar-refractivity contribution in [3.8, 4) is 5.75 Å². The lowest BCUT2D eigenvalue weighted by molar-refractivity contribution is 0.205. The monoisotopic (exact) mass is 227 g/mol. The van der Waals surface area contributed by atoms with Gasteiger partial charge in [-0.05, 0) is 30.7 Å². The number of benzene rings is 1. The van der Waals surface area contributed by atoms with Crippen LogP contribution in [0.2, 0.25) is 0 Å². The molecule has 0 aromatic heterocycles. The van der Waals surface area contributed by atoms with Gasteiger partial charge in [0.1, 0.15) is 17.7 Å². The minimum atomic E-state index is -0.273. The third-order valence-electron chi connectivity index (χ3n) is 2.00. The van der Waals surface area contributed by atoms with E-state index in [1.807, 2.05) is 6.92 Å². The van der Waals surface area contributed by atoms with Gasteiger partial charge in [-0.1, -0.05) is 19.1 Å². The summed E-state index contributed by atoms with van der Waals surface area (Å²) in [6.45, 7) is 1.99. The molecule has 15 heavy (non-hydrogen) atoms. The molecule has 1 atom stereocenters. The Morgan fingerprint density at radius 3 is 2.53 bits per heavy atom. The predicted molar refractivity (Wildman–Crippen MR) is 62.5 cm³/mol. The minimum Gasteiger partial charge on any atom is -0.490 e. The molecule has 0 radical (unpaired) electrons. The SMILES string of the molecule is CCC(CC(N)=S)Oc1ccc(F)cc1. The quantitative estimate of drug-likeness (QED) is 0.785. The van der Waals surface area contributed by atoms with E-state index in [4.69, 9.17) is 22.7 Å². The number of ether oxygens (including phenoxy) is 1. The molecular formula is C11H14FNOS. The van der Waals surface area contributed by atoms with Gasteiger partial charge in [-0.25, -0.2) is 4.39 Å². The van der Waals surface area contributed by atoms with Crippen LogP contribution >= 0.6 is 12.2 Å². The van der Waals surface area contributed by atoms with Crippen LogP contribution in [0.3, 0.4) is 0 Å². The fourth-order valence-corrected chi connectivity index (χ4v) is 1.39. The van der Waals surface area contributed by atoms with Crippen LogP contribution in [0.5, 0.6) is 5.75 Å². The largest absolute Gasteiger partial charge is 0.490 e. The first-order valence-electron chi connectivity index (χ1n) is 4.82. The first kappa shape index (κ1) is 11.9. The molecule has 0 saturated carbocycles. The highest BCUT2D eigenvalue weighted by Crippen LogP contribution is 2.15. The van der Waals surface area contributed by atoms with Crippen LogP contribution in [0.25, 0.3) is 0 Å². The molecule has 1 aromatic rings. The molecule has 0 spiro atoms. The molecule has 1 rings (SSSR count). The van der Waals surface area contributed by atoms with Crippen LogP contribution in [0.1, 0.15) is 19.8 Å². The molecule has 1 unspecified atom stereocenters. The van der Waals surface area contributed by atoms with Gasteiger partial charge in [-0.15, -0.1) is 0 Å². The van der Waals surface area contributed by atoms with Crippen molar-refractivity contribution in [1.29, 1.82) is 0 Å². The normalized spacial score (nSPS) is 12.1. The zero-order valence-corrected chi connectivity index (χ0v) is 9.39. The summed E-state index contributed by atoms with van der Waals surface area (Å²) in [5, 5.41) is 0. The summed E-state index contributed by atoms with van der Waals surface area (Å²) in [7, 11) is 0. The van der Waals surface area contributed by atoms with Crippen LogP contribution in [0.15, 0.2) is 24.3 Å². The van der Waals surface area contributed by atoms with E-state index in [0.29, 0.717) is 17.2 Å². The second-order valence-corrected chi connectivity index (χ2v) is 3.80. The summed E-state index contributed by atoms with van der Waals surface area (Å²) < 4.78 is 18.2. The van der Waals surface area contributed by atoms with Crippen molar-refractivity contribution in [3.63, 3.8) is 0 Å². The van der Waals surface area contributed by atoms with Gasteiger partial charge in [0.25, 0.3) is 0 Å². The highest BCUT2D eigenvalue weighted by molar-refractivity contribution is 7.80. The van der Waals surface area contributed by atoms with E-state index in [-0.39, 0.29) is 11.9 Å². The topological polar surface area (TPSA) is 35.2 Å². The van der Waals surface area contributed by atoms with E-state index >= 15 is 0 Å². The third-order valence-corrected chi connectivity index (χ3v) is 2.17. The van der Waals surface area contributed by atoms with E-state index in [1.54, 1.807) is 12.1 Å². The van der Waals surface area contributed by atoms with Crippen molar-refractivity contribution < 1.29 is 9.13 Å². The van der Waals surface area contributed by atoms with Crippen molar-refractivity contribution in [1.82, 2.24) is 0 Å². The molecule has 4 heteroatoms. The van der Waals surface area contributed by atoms with Gasteiger partial charge in [0, 0.05) is 6.42 Å². The Morgan fingerprint density at radius 2 is 2.07 bits per heavy atom. The Morgan fingerprint density at radius 1 is 1.47 bits per heavy atom. The van der Waals surface area contributed by atoms with Crippen molar-refractivity contribution in [2.24, 2.45) is 5.73 Å². The number of thiocarbonyl (C=S) groups is 1. The van der Waals surface area contributed by atoms with Crippen molar-refractivity contribution >= 4 is 17.2 Å². The molecule has 0 bridgehead atoms. The molecule has 82 valence electrons. The summed E-state index contributed by atoms with van der Waals surface area (Å²) in [4.78, 5) is 0.434. The standard InChI is InChI=1S/C11H14FNOS/c1-2-9(7-11(13)15)14-10-5-3-8(12)4-6-10/h3-6,9H,2,7H2,1H3,(H2,13,15). The minimum absolute atomic E-state index is 0.0343. The first-order chi connectivity index (χ1) is 7.11. The second kappa shape index (κ2) is 5.66. The van der Waals surface area contributed by atoms with Crippen molar-refractivity contribution in [3.05, 3.63) is 30.1 Å². The Balaban J connectivity index is 2.58. The molecule has 0 saturated heterocycles. The van der Waals surface area contributed by atoms with Crippen molar-refractivity contribution in [2.75, 3.05) is 0 Å². The Labute approximate surface area is 94.2 Å². The number of halogens is 1. The maximum Gasteiger partial charge on any atom is 0.123 e. The Kier molecular flexibility index (Phi) is 4.49. The highest BCUT2D eigenvalue weighted by Gasteiger charge is 2.09. The van der Waals surface area contributed by atoms with Crippen LogP contribution in [0.4, 0.5) is 4.39 Å². The van der Waals surface area contributed by atoms with Gasteiger partial charge in [0.05, 0.1) is 4.99 Å². The molecule has 0 aliphatic rings. The third kappa shape index (κ3) is 4.25. The lowest BCUT2D eigenvalue weighted by Gasteiger charge is -2.16. The van der Waals surface area contributed by atoms with Gasteiger partial charge in [-0.2, -0.15) is 0 Å². The van der Waals surface area contributed by atoms with Gasteiger partial charge in [0.2, 0.25) is 0 Å². The summed E-state index contributed by atoms with van der Waals surface area (Å²) in [5.74, 6) is 0.365. The Hall–Kier alpha value is -1.16. The van der Waals surface area contributed by atoms with E-state index < -0.39 is 0 Å². The van der Waals surface area contributed by atoms with Gasteiger partial charge in [-0.3, -0.25) is 0 Å². The smallest absolute Gasteiger partial charge is 0.123 e. The maximum absolute atomic E-state index is 12.6. The average Bonchev–Trinajstić information content (AvgIpc) is 2.19. The molecule has 0 amide bonds.